The molecule has 0 atom stereocenters. The number of ether oxygens (including phenoxy) is 1. The Labute approximate surface area is 189 Å². The molecular weight excluding hydrogens is 424 g/mol. The van der Waals surface area contributed by atoms with Gasteiger partial charge < -0.3 is 9.84 Å². The van der Waals surface area contributed by atoms with Crippen molar-refractivity contribution in [3.05, 3.63) is 81.2 Å². The number of nitrogens with zero attached hydrogens (tertiary/aromatic N) is 2. The van der Waals surface area contributed by atoms with Gasteiger partial charge in [-0.15, -0.1) is 11.3 Å². The molecule has 6 nitrogen and oxygen atoms in total. The third kappa shape index (κ3) is 4.43. The number of aromatic carboxylic acids is 1. The number of benzene rings is 2. The summed E-state index contributed by atoms with van der Waals surface area (Å²) in [7, 11) is 0. The van der Waals surface area contributed by atoms with E-state index in [2.05, 4.69) is 36.2 Å². The van der Waals surface area contributed by atoms with Gasteiger partial charge in [-0.2, -0.15) is 0 Å². The highest BCUT2D eigenvalue weighted by Gasteiger charge is 2.15. The number of carboxylic acids is 1. The molecule has 0 amide bonds. The van der Waals surface area contributed by atoms with E-state index in [0.29, 0.717) is 36.5 Å². The van der Waals surface area contributed by atoms with Crippen LogP contribution in [0.3, 0.4) is 0 Å². The second-order valence-corrected chi connectivity index (χ2v) is 8.39. The quantitative estimate of drug-likeness (QED) is 0.377. The van der Waals surface area contributed by atoms with Crippen LogP contribution in [0.5, 0.6) is 5.75 Å². The van der Waals surface area contributed by atoms with Crippen molar-refractivity contribution < 1.29 is 14.6 Å². The summed E-state index contributed by atoms with van der Waals surface area (Å²) in [5.41, 5.74) is 3.39. The molecule has 0 saturated heterocycles. The molecule has 0 unspecified atom stereocenters. The van der Waals surface area contributed by atoms with Gasteiger partial charge in [0.25, 0.3) is 5.56 Å². The molecule has 0 bridgehead atoms. The first-order chi connectivity index (χ1) is 15.5. The van der Waals surface area contributed by atoms with Gasteiger partial charge >= 0.3 is 5.97 Å². The third-order valence-electron chi connectivity index (χ3n) is 5.45. The second kappa shape index (κ2) is 9.36. The molecule has 32 heavy (non-hydrogen) atoms. The molecule has 0 saturated carbocycles. The first-order valence-corrected chi connectivity index (χ1v) is 11.4. The fraction of sp³-hybridized carbons (Fsp3) is 0.240. The van der Waals surface area contributed by atoms with Crippen molar-refractivity contribution in [3.63, 3.8) is 0 Å². The van der Waals surface area contributed by atoms with Crippen molar-refractivity contribution in [1.82, 2.24) is 9.55 Å². The second-order valence-electron chi connectivity index (χ2n) is 7.53. The van der Waals surface area contributed by atoms with E-state index >= 15 is 0 Å². The lowest BCUT2D eigenvalue weighted by Crippen LogP contribution is -2.24. The number of aromatic nitrogens is 2. The van der Waals surface area contributed by atoms with Gasteiger partial charge in [0.1, 0.15) is 16.4 Å². The number of hydrogen-bond acceptors (Lipinski definition) is 5. The summed E-state index contributed by atoms with van der Waals surface area (Å²) >= 11 is 1.49. The van der Waals surface area contributed by atoms with Crippen LogP contribution in [0.1, 0.15) is 35.1 Å². The Hall–Kier alpha value is -3.45. The van der Waals surface area contributed by atoms with Gasteiger partial charge in [0, 0.05) is 17.5 Å². The van der Waals surface area contributed by atoms with E-state index in [0.717, 1.165) is 22.4 Å². The van der Waals surface area contributed by atoms with Gasteiger partial charge in [0.15, 0.2) is 0 Å². The molecule has 2 aromatic heterocycles. The summed E-state index contributed by atoms with van der Waals surface area (Å²) in [5.74, 6) is 0.315. The van der Waals surface area contributed by atoms with Crippen LogP contribution in [0.2, 0.25) is 0 Å². The van der Waals surface area contributed by atoms with Gasteiger partial charge in [-0.3, -0.25) is 9.36 Å². The SMILES string of the molecule is CCc1ccc(-c2csc3nc(C)n(CCCOc4ccc(C(=O)O)cc4)c(=O)c23)cc1. The molecule has 0 radical (unpaired) electrons. The molecule has 4 aromatic rings. The average molecular weight is 449 g/mol. The molecule has 0 aliphatic carbocycles. The van der Waals surface area contributed by atoms with Crippen molar-refractivity contribution in [3.8, 4) is 16.9 Å². The predicted octanol–water partition coefficient (Wildman–Crippen LogP) is 5.16. The van der Waals surface area contributed by atoms with E-state index in [-0.39, 0.29) is 11.1 Å². The van der Waals surface area contributed by atoms with Crippen LogP contribution in [0.25, 0.3) is 21.3 Å². The zero-order valence-corrected chi connectivity index (χ0v) is 18.8. The monoisotopic (exact) mass is 448 g/mol. The van der Waals surface area contributed by atoms with Crippen LogP contribution >= 0.6 is 11.3 Å². The van der Waals surface area contributed by atoms with Crippen LogP contribution in [0, 0.1) is 6.92 Å². The van der Waals surface area contributed by atoms with E-state index < -0.39 is 5.97 Å². The van der Waals surface area contributed by atoms with Crippen molar-refractivity contribution in [1.29, 1.82) is 0 Å². The largest absolute Gasteiger partial charge is 0.494 e. The number of aryl methyl sites for hydroxylation is 2. The minimum Gasteiger partial charge on any atom is -0.494 e. The fourth-order valence-electron chi connectivity index (χ4n) is 3.63. The van der Waals surface area contributed by atoms with Gasteiger partial charge in [0.2, 0.25) is 0 Å². The first-order valence-electron chi connectivity index (χ1n) is 10.5. The van der Waals surface area contributed by atoms with Crippen LogP contribution in [0.4, 0.5) is 0 Å². The van der Waals surface area contributed by atoms with Crippen molar-refractivity contribution in [2.45, 2.75) is 33.2 Å². The summed E-state index contributed by atoms with van der Waals surface area (Å²) in [5, 5.41) is 11.6. The molecule has 0 fully saturated rings. The van der Waals surface area contributed by atoms with Crippen LogP contribution in [0.15, 0.2) is 58.7 Å². The Bertz CT molecular complexity index is 1310. The fourth-order valence-corrected chi connectivity index (χ4v) is 4.61. The van der Waals surface area contributed by atoms with Crippen LogP contribution in [-0.4, -0.2) is 27.2 Å². The lowest BCUT2D eigenvalue weighted by Gasteiger charge is -2.11. The zero-order chi connectivity index (χ0) is 22.7. The topological polar surface area (TPSA) is 81.4 Å². The minimum atomic E-state index is -0.969. The number of hydrogen-bond donors (Lipinski definition) is 1. The molecule has 2 aromatic carbocycles. The smallest absolute Gasteiger partial charge is 0.335 e. The Morgan fingerprint density at radius 1 is 1.12 bits per heavy atom. The maximum atomic E-state index is 13.3. The van der Waals surface area contributed by atoms with Crippen molar-refractivity contribution in [2.24, 2.45) is 0 Å². The van der Waals surface area contributed by atoms with E-state index in [1.54, 1.807) is 16.7 Å². The highest BCUT2D eigenvalue weighted by atomic mass is 32.1. The first kappa shape index (κ1) is 21.8. The van der Waals surface area contributed by atoms with Gasteiger partial charge in [-0.25, -0.2) is 9.78 Å². The highest BCUT2D eigenvalue weighted by Crippen LogP contribution is 2.31. The zero-order valence-electron chi connectivity index (χ0n) is 18.0. The minimum absolute atomic E-state index is 0.0332. The molecule has 2 heterocycles. The number of fused-ring (bicyclic) bond motifs is 1. The normalized spacial score (nSPS) is 11.1. The molecule has 0 aliphatic rings. The maximum absolute atomic E-state index is 13.3. The average Bonchev–Trinajstić information content (AvgIpc) is 3.22. The number of carboxylic acid groups (broad SMARTS) is 1. The van der Waals surface area contributed by atoms with E-state index in [9.17, 15) is 9.59 Å². The lowest BCUT2D eigenvalue weighted by molar-refractivity contribution is 0.0697. The molecule has 7 heteroatoms. The number of rotatable bonds is 8. The van der Waals surface area contributed by atoms with Crippen LogP contribution in [-0.2, 0) is 13.0 Å². The molecular formula is C25H24N2O4S. The number of thiophene rings is 1. The lowest BCUT2D eigenvalue weighted by atomic mass is 10.0. The Kier molecular flexibility index (Phi) is 6.37. The summed E-state index contributed by atoms with van der Waals surface area (Å²) < 4.78 is 7.41. The molecule has 4 rings (SSSR count). The Morgan fingerprint density at radius 2 is 1.84 bits per heavy atom. The maximum Gasteiger partial charge on any atom is 0.335 e. The molecule has 164 valence electrons. The standard InChI is InChI=1S/C25H24N2O4S/c1-3-17-5-7-18(8-6-17)21-15-32-23-22(21)24(28)27(16(2)26-23)13-4-14-31-20-11-9-19(10-12-20)25(29)30/h5-12,15H,3-4,13-14H2,1-2H3,(H,29,30). The van der Waals surface area contributed by atoms with E-state index in [4.69, 9.17) is 9.84 Å². The third-order valence-corrected chi connectivity index (χ3v) is 6.33. The molecule has 0 aliphatic heterocycles. The van der Waals surface area contributed by atoms with Gasteiger partial charge in [0.05, 0.1) is 17.6 Å². The van der Waals surface area contributed by atoms with Crippen molar-refractivity contribution in [2.75, 3.05) is 6.61 Å². The molecule has 1 N–H and O–H groups in total. The summed E-state index contributed by atoms with van der Waals surface area (Å²) in [6, 6.07) is 14.6. The van der Waals surface area contributed by atoms with Gasteiger partial charge in [-0.1, -0.05) is 31.2 Å². The summed E-state index contributed by atoms with van der Waals surface area (Å²) in [6.45, 7) is 4.87. The van der Waals surface area contributed by atoms with E-state index in [1.807, 2.05) is 12.3 Å². The van der Waals surface area contributed by atoms with E-state index in [1.165, 1.54) is 29.0 Å². The Morgan fingerprint density at radius 3 is 2.50 bits per heavy atom. The highest BCUT2D eigenvalue weighted by molar-refractivity contribution is 7.17. The molecule has 0 spiro atoms. The van der Waals surface area contributed by atoms with Gasteiger partial charge in [-0.05, 0) is 55.2 Å². The summed E-state index contributed by atoms with van der Waals surface area (Å²) in [4.78, 5) is 29.7. The summed E-state index contributed by atoms with van der Waals surface area (Å²) in [6.07, 6.45) is 1.60. The predicted molar refractivity (Wildman–Crippen MR) is 127 cm³/mol. The Balaban J connectivity index is 1.51. The van der Waals surface area contributed by atoms with Crippen LogP contribution < -0.4 is 10.3 Å². The number of carbonyl (C=O) groups is 1. The van der Waals surface area contributed by atoms with Crippen molar-refractivity contribution >= 4 is 27.5 Å².